The number of fused-ring (bicyclic) bond motifs is 2. The molecule has 0 saturated heterocycles. The Bertz CT molecular complexity index is 1420. The zero-order chi connectivity index (χ0) is 22.9. The number of nitrogens with one attached hydrogen (secondary N) is 1. The molecule has 2 aromatic carbocycles. The van der Waals surface area contributed by atoms with Crippen LogP contribution in [0.25, 0.3) is 10.9 Å². The van der Waals surface area contributed by atoms with E-state index >= 15 is 0 Å². The first-order valence-corrected chi connectivity index (χ1v) is 10.7. The second-order valence-corrected chi connectivity index (χ2v) is 7.99. The largest absolute Gasteiger partial charge is 0.467 e. The summed E-state index contributed by atoms with van der Waals surface area (Å²) in [6.45, 7) is 0.135. The van der Waals surface area contributed by atoms with Gasteiger partial charge in [-0.3, -0.25) is 14.2 Å². The molecule has 1 aliphatic rings. The fourth-order valence-electron chi connectivity index (χ4n) is 3.31. The maximum atomic E-state index is 13.8. The standard InChI is InChI=1S/C22H15F2N3O5S/c23-12-3-4-15(24)17(6-12)25-20(28)10-33-22-26-16-8-19-18(31-11-32-19)7-14(16)21(29)27(22)9-13-2-1-5-30-13/h1-8H,9-11H2,(H,25,28). The van der Waals surface area contributed by atoms with E-state index in [0.717, 1.165) is 30.0 Å². The van der Waals surface area contributed by atoms with Crippen molar-refractivity contribution in [3.05, 3.63) is 76.5 Å². The normalized spacial score (nSPS) is 12.3. The summed E-state index contributed by atoms with van der Waals surface area (Å²) in [7, 11) is 0. The monoisotopic (exact) mass is 471 g/mol. The van der Waals surface area contributed by atoms with Crippen molar-refractivity contribution in [1.82, 2.24) is 9.55 Å². The number of hydrogen-bond donors (Lipinski definition) is 1. The van der Waals surface area contributed by atoms with Crippen LogP contribution < -0.4 is 20.3 Å². The molecule has 1 aliphatic heterocycles. The van der Waals surface area contributed by atoms with Crippen molar-refractivity contribution in [2.75, 3.05) is 17.9 Å². The van der Waals surface area contributed by atoms with Crippen LogP contribution in [-0.2, 0) is 11.3 Å². The Morgan fingerprint density at radius 2 is 1.97 bits per heavy atom. The zero-order valence-electron chi connectivity index (χ0n) is 16.8. The zero-order valence-corrected chi connectivity index (χ0v) is 17.7. The molecule has 5 rings (SSSR count). The fourth-order valence-corrected chi connectivity index (χ4v) is 4.11. The van der Waals surface area contributed by atoms with E-state index in [1.807, 2.05) is 0 Å². The van der Waals surface area contributed by atoms with Gasteiger partial charge in [-0.05, 0) is 30.3 Å². The summed E-state index contributed by atoms with van der Waals surface area (Å²) in [6, 6.07) is 9.35. The molecule has 0 saturated carbocycles. The van der Waals surface area contributed by atoms with Gasteiger partial charge in [0, 0.05) is 12.1 Å². The first-order chi connectivity index (χ1) is 16.0. The molecule has 0 spiro atoms. The molecule has 0 unspecified atom stereocenters. The van der Waals surface area contributed by atoms with Crippen molar-refractivity contribution in [1.29, 1.82) is 0 Å². The highest BCUT2D eigenvalue weighted by molar-refractivity contribution is 7.99. The molecular formula is C22H15F2N3O5S. The van der Waals surface area contributed by atoms with Gasteiger partial charge in [0.2, 0.25) is 12.7 Å². The molecule has 1 N–H and O–H groups in total. The number of hydrogen-bond acceptors (Lipinski definition) is 7. The SMILES string of the molecule is O=C(CSc1nc2cc3c(cc2c(=O)n1Cc1ccco1)OCO3)Nc1cc(F)ccc1F. The Labute approximate surface area is 189 Å². The number of aromatic nitrogens is 2. The third kappa shape index (κ3) is 4.27. The number of carbonyl (C=O) groups is 1. The van der Waals surface area contributed by atoms with Crippen molar-refractivity contribution in [3.8, 4) is 11.5 Å². The summed E-state index contributed by atoms with van der Waals surface area (Å²) in [5, 5.41) is 2.90. The molecule has 1 amide bonds. The van der Waals surface area contributed by atoms with Crippen LogP contribution in [0.15, 0.2) is 63.1 Å². The number of rotatable bonds is 6. The maximum absolute atomic E-state index is 13.8. The molecule has 0 radical (unpaired) electrons. The molecule has 11 heteroatoms. The lowest BCUT2D eigenvalue weighted by molar-refractivity contribution is -0.113. The van der Waals surface area contributed by atoms with Gasteiger partial charge in [0.25, 0.3) is 5.56 Å². The molecule has 168 valence electrons. The van der Waals surface area contributed by atoms with Crippen LogP contribution >= 0.6 is 11.8 Å². The van der Waals surface area contributed by atoms with E-state index in [2.05, 4.69) is 10.3 Å². The van der Waals surface area contributed by atoms with Gasteiger partial charge >= 0.3 is 0 Å². The van der Waals surface area contributed by atoms with Crippen molar-refractivity contribution in [3.63, 3.8) is 0 Å². The summed E-state index contributed by atoms with van der Waals surface area (Å²) in [4.78, 5) is 30.2. The highest BCUT2D eigenvalue weighted by atomic mass is 32.2. The van der Waals surface area contributed by atoms with Crippen molar-refractivity contribution < 1.29 is 27.5 Å². The lowest BCUT2D eigenvalue weighted by Crippen LogP contribution is -2.24. The van der Waals surface area contributed by atoms with Crippen LogP contribution in [0.1, 0.15) is 5.76 Å². The van der Waals surface area contributed by atoms with Gasteiger partial charge in [-0.1, -0.05) is 11.8 Å². The van der Waals surface area contributed by atoms with Gasteiger partial charge in [-0.15, -0.1) is 0 Å². The summed E-state index contributed by atoms with van der Waals surface area (Å²) in [6.07, 6.45) is 1.49. The van der Waals surface area contributed by atoms with E-state index in [4.69, 9.17) is 13.9 Å². The number of halogens is 2. The van der Waals surface area contributed by atoms with E-state index < -0.39 is 17.5 Å². The highest BCUT2D eigenvalue weighted by Crippen LogP contribution is 2.35. The molecule has 0 fully saturated rings. The first kappa shape index (κ1) is 21.0. The number of benzene rings is 2. The molecule has 0 bridgehead atoms. The van der Waals surface area contributed by atoms with Gasteiger partial charge in [-0.25, -0.2) is 13.8 Å². The van der Waals surface area contributed by atoms with Crippen molar-refractivity contribution >= 4 is 34.3 Å². The van der Waals surface area contributed by atoms with Gasteiger partial charge in [0.15, 0.2) is 16.7 Å². The molecule has 4 aromatic rings. The van der Waals surface area contributed by atoms with E-state index in [-0.39, 0.29) is 35.5 Å². The minimum Gasteiger partial charge on any atom is -0.467 e. The molecule has 8 nitrogen and oxygen atoms in total. The second kappa shape index (κ2) is 8.58. The number of amides is 1. The van der Waals surface area contributed by atoms with Crippen molar-refractivity contribution in [2.24, 2.45) is 0 Å². The number of carbonyl (C=O) groups excluding carboxylic acids is 1. The quantitative estimate of drug-likeness (QED) is 0.338. The van der Waals surface area contributed by atoms with Gasteiger partial charge in [-0.2, -0.15) is 0 Å². The summed E-state index contributed by atoms with van der Waals surface area (Å²) in [5.74, 6) is -0.792. The summed E-state index contributed by atoms with van der Waals surface area (Å²) >= 11 is 0.978. The Morgan fingerprint density at radius 1 is 1.15 bits per heavy atom. The van der Waals surface area contributed by atoms with Crippen LogP contribution in [0.3, 0.4) is 0 Å². The minimum atomic E-state index is -0.760. The summed E-state index contributed by atoms with van der Waals surface area (Å²) < 4.78 is 44.7. The average Bonchev–Trinajstić information content (AvgIpc) is 3.47. The van der Waals surface area contributed by atoms with E-state index in [9.17, 15) is 18.4 Å². The predicted molar refractivity (Wildman–Crippen MR) is 116 cm³/mol. The molecular weight excluding hydrogens is 456 g/mol. The summed E-state index contributed by atoms with van der Waals surface area (Å²) in [5.41, 5.74) is -0.249. The fraction of sp³-hybridized carbons (Fsp3) is 0.136. The maximum Gasteiger partial charge on any atom is 0.262 e. The third-order valence-electron chi connectivity index (χ3n) is 4.84. The Hall–Kier alpha value is -3.86. The number of nitrogens with zero attached hydrogens (tertiary/aromatic N) is 2. The Kier molecular flexibility index (Phi) is 5.47. The highest BCUT2D eigenvalue weighted by Gasteiger charge is 2.20. The van der Waals surface area contributed by atoms with Gasteiger partial charge in [0.05, 0.1) is 35.2 Å². The van der Waals surface area contributed by atoms with Crippen LogP contribution in [0.2, 0.25) is 0 Å². The third-order valence-corrected chi connectivity index (χ3v) is 5.82. The predicted octanol–water partition coefficient (Wildman–Crippen LogP) is 3.78. The molecule has 0 aliphatic carbocycles. The Balaban J connectivity index is 1.46. The smallest absolute Gasteiger partial charge is 0.262 e. The van der Waals surface area contributed by atoms with Gasteiger partial charge in [0.1, 0.15) is 17.4 Å². The van der Waals surface area contributed by atoms with Crippen LogP contribution in [0.5, 0.6) is 11.5 Å². The first-order valence-electron chi connectivity index (χ1n) is 9.72. The van der Waals surface area contributed by atoms with E-state index in [1.165, 1.54) is 10.8 Å². The molecule has 33 heavy (non-hydrogen) atoms. The topological polar surface area (TPSA) is 95.6 Å². The lowest BCUT2D eigenvalue weighted by Gasteiger charge is -2.13. The van der Waals surface area contributed by atoms with Crippen LogP contribution in [0.4, 0.5) is 14.5 Å². The second-order valence-electron chi connectivity index (χ2n) is 7.05. The van der Waals surface area contributed by atoms with E-state index in [0.29, 0.717) is 28.2 Å². The van der Waals surface area contributed by atoms with E-state index in [1.54, 1.807) is 24.3 Å². The number of thioether (sulfide) groups is 1. The molecule has 3 heterocycles. The number of anilines is 1. The minimum absolute atomic E-state index is 0.0463. The van der Waals surface area contributed by atoms with Crippen LogP contribution in [-0.4, -0.2) is 28.0 Å². The molecule has 2 aromatic heterocycles. The Morgan fingerprint density at radius 3 is 2.76 bits per heavy atom. The van der Waals surface area contributed by atoms with Gasteiger partial charge < -0.3 is 19.2 Å². The average molecular weight is 471 g/mol. The van der Waals surface area contributed by atoms with Crippen molar-refractivity contribution in [2.45, 2.75) is 11.7 Å². The number of ether oxygens (including phenoxy) is 2. The molecule has 0 atom stereocenters. The lowest BCUT2D eigenvalue weighted by atomic mass is 10.2. The number of furan rings is 1. The van der Waals surface area contributed by atoms with Crippen LogP contribution in [0, 0.1) is 11.6 Å².